The van der Waals surface area contributed by atoms with E-state index in [0.29, 0.717) is 6.61 Å². The third kappa shape index (κ3) is 3.25. The Morgan fingerprint density at radius 2 is 1.89 bits per heavy atom. The Labute approximate surface area is 114 Å². The van der Waals surface area contributed by atoms with Crippen LogP contribution in [-0.2, 0) is 4.74 Å². The minimum absolute atomic E-state index is 0.228. The molecule has 0 saturated carbocycles. The van der Waals surface area contributed by atoms with E-state index in [1.165, 1.54) is 13.2 Å². The second kappa shape index (κ2) is 6.87. The summed E-state index contributed by atoms with van der Waals surface area (Å²) in [6, 6.07) is 4.48. The Morgan fingerprint density at radius 1 is 1.26 bits per heavy atom. The minimum Gasteiger partial charge on any atom is -0.494 e. The predicted octanol–water partition coefficient (Wildman–Crippen LogP) is 3.43. The van der Waals surface area contributed by atoms with Crippen LogP contribution in [-0.4, -0.2) is 19.3 Å². The van der Waals surface area contributed by atoms with E-state index in [9.17, 15) is 4.39 Å². The van der Waals surface area contributed by atoms with E-state index < -0.39 is 11.4 Å². The molecule has 0 aliphatic carbocycles. The summed E-state index contributed by atoms with van der Waals surface area (Å²) in [5, 5.41) is 0. The van der Waals surface area contributed by atoms with Gasteiger partial charge in [-0.3, -0.25) is 0 Å². The summed E-state index contributed by atoms with van der Waals surface area (Å²) < 4.78 is 24.6. The summed E-state index contributed by atoms with van der Waals surface area (Å²) in [6.07, 6.45) is 1.57. The lowest BCUT2D eigenvalue weighted by Crippen LogP contribution is -2.43. The number of rotatable bonds is 7. The lowest BCUT2D eigenvalue weighted by atomic mass is 9.84. The molecule has 4 heteroatoms. The molecule has 0 saturated heterocycles. The Balaban J connectivity index is 3.09. The molecule has 1 atom stereocenters. The van der Waals surface area contributed by atoms with E-state index in [2.05, 4.69) is 0 Å². The van der Waals surface area contributed by atoms with Crippen LogP contribution in [0.4, 0.5) is 4.39 Å². The molecule has 0 bridgehead atoms. The molecule has 0 aliphatic heterocycles. The Bertz CT molecular complexity index is 405. The highest BCUT2D eigenvalue weighted by atomic mass is 19.1. The lowest BCUT2D eigenvalue weighted by Gasteiger charge is -2.37. The molecule has 108 valence electrons. The van der Waals surface area contributed by atoms with Crippen molar-refractivity contribution < 1.29 is 13.9 Å². The number of hydrogen-bond acceptors (Lipinski definition) is 3. The first-order valence-corrected chi connectivity index (χ1v) is 6.77. The van der Waals surface area contributed by atoms with Gasteiger partial charge in [0.1, 0.15) is 0 Å². The van der Waals surface area contributed by atoms with Crippen molar-refractivity contribution >= 4 is 0 Å². The second-order valence-electron chi connectivity index (χ2n) is 4.58. The maximum Gasteiger partial charge on any atom is 0.165 e. The number of ether oxygens (including phenoxy) is 2. The molecule has 0 radical (unpaired) electrons. The second-order valence-corrected chi connectivity index (χ2v) is 4.58. The van der Waals surface area contributed by atoms with E-state index in [1.807, 2.05) is 20.8 Å². The van der Waals surface area contributed by atoms with Crippen LogP contribution in [0.5, 0.6) is 5.75 Å². The van der Waals surface area contributed by atoms with Gasteiger partial charge in [0, 0.05) is 6.61 Å². The van der Waals surface area contributed by atoms with Crippen LogP contribution < -0.4 is 10.5 Å². The normalized spacial score (nSPS) is 13.4. The van der Waals surface area contributed by atoms with Gasteiger partial charge in [-0.15, -0.1) is 0 Å². The van der Waals surface area contributed by atoms with E-state index >= 15 is 0 Å². The highest BCUT2D eigenvalue weighted by Gasteiger charge is 2.35. The van der Waals surface area contributed by atoms with E-state index in [1.54, 1.807) is 12.1 Å². The number of benzene rings is 1. The Morgan fingerprint density at radius 3 is 2.32 bits per heavy atom. The monoisotopic (exact) mass is 269 g/mol. The van der Waals surface area contributed by atoms with Crippen LogP contribution in [0.25, 0.3) is 0 Å². The van der Waals surface area contributed by atoms with Crippen LogP contribution in [0.15, 0.2) is 18.2 Å². The third-order valence-corrected chi connectivity index (χ3v) is 3.73. The van der Waals surface area contributed by atoms with Gasteiger partial charge in [0.2, 0.25) is 0 Å². The predicted molar refractivity (Wildman–Crippen MR) is 74.8 cm³/mol. The standard InChI is InChI=1S/C15H24FNO2/c1-5-15(6-2,19-7-3)14(17)11-8-9-13(18-4)12(16)10-11/h8-10,14H,5-7,17H2,1-4H3. The van der Waals surface area contributed by atoms with Crippen molar-refractivity contribution in [3.63, 3.8) is 0 Å². The van der Waals surface area contributed by atoms with Gasteiger partial charge in [-0.05, 0) is 37.5 Å². The first-order valence-electron chi connectivity index (χ1n) is 6.77. The van der Waals surface area contributed by atoms with E-state index in [-0.39, 0.29) is 11.8 Å². The highest BCUT2D eigenvalue weighted by molar-refractivity contribution is 5.32. The summed E-state index contributed by atoms with van der Waals surface area (Å²) in [6.45, 7) is 6.62. The van der Waals surface area contributed by atoms with Gasteiger partial charge >= 0.3 is 0 Å². The summed E-state index contributed by atoms with van der Waals surface area (Å²) in [5.41, 5.74) is 6.59. The average Bonchev–Trinajstić information content (AvgIpc) is 2.44. The van der Waals surface area contributed by atoms with Crippen LogP contribution in [0.3, 0.4) is 0 Å². The van der Waals surface area contributed by atoms with Gasteiger partial charge in [-0.2, -0.15) is 0 Å². The first kappa shape index (κ1) is 15.9. The van der Waals surface area contributed by atoms with Gasteiger partial charge in [0.15, 0.2) is 11.6 Å². The van der Waals surface area contributed by atoms with Crippen molar-refractivity contribution in [2.45, 2.75) is 45.3 Å². The van der Waals surface area contributed by atoms with Crippen molar-refractivity contribution in [1.82, 2.24) is 0 Å². The molecule has 0 aromatic heterocycles. The molecule has 0 aliphatic rings. The van der Waals surface area contributed by atoms with Gasteiger partial charge in [-0.1, -0.05) is 19.9 Å². The molecule has 0 amide bonds. The molecular formula is C15H24FNO2. The van der Waals surface area contributed by atoms with Crippen molar-refractivity contribution in [1.29, 1.82) is 0 Å². The molecule has 1 rings (SSSR count). The van der Waals surface area contributed by atoms with Crippen LogP contribution in [0, 0.1) is 5.82 Å². The van der Waals surface area contributed by atoms with Gasteiger partial charge in [0.05, 0.1) is 18.8 Å². The molecule has 1 aromatic carbocycles. The molecule has 1 aromatic rings. The SMILES string of the molecule is CCOC(CC)(CC)C(N)c1ccc(OC)c(F)c1. The molecule has 19 heavy (non-hydrogen) atoms. The maximum absolute atomic E-state index is 13.8. The zero-order valence-corrected chi connectivity index (χ0v) is 12.2. The lowest BCUT2D eigenvalue weighted by molar-refractivity contribution is -0.0646. The molecular weight excluding hydrogens is 245 g/mol. The quantitative estimate of drug-likeness (QED) is 0.824. The number of hydrogen-bond donors (Lipinski definition) is 1. The van der Waals surface area contributed by atoms with Crippen LogP contribution in [0.2, 0.25) is 0 Å². The summed E-state index contributed by atoms with van der Waals surface area (Å²) in [5.74, 6) is -0.168. The first-order chi connectivity index (χ1) is 9.04. The Kier molecular flexibility index (Phi) is 5.76. The molecule has 3 nitrogen and oxygen atoms in total. The van der Waals surface area contributed by atoms with Gasteiger partial charge < -0.3 is 15.2 Å². The fraction of sp³-hybridized carbons (Fsp3) is 0.600. The smallest absolute Gasteiger partial charge is 0.165 e. The molecule has 0 heterocycles. The highest BCUT2D eigenvalue weighted by Crippen LogP contribution is 2.34. The van der Waals surface area contributed by atoms with Gasteiger partial charge in [0.25, 0.3) is 0 Å². The van der Waals surface area contributed by atoms with Crippen LogP contribution >= 0.6 is 0 Å². The van der Waals surface area contributed by atoms with Crippen molar-refractivity contribution in [2.24, 2.45) is 5.73 Å². The molecule has 2 N–H and O–H groups in total. The summed E-state index contributed by atoms with van der Waals surface area (Å²) in [4.78, 5) is 0. The minimum atomic E-state index is -0.449. The number of methoxy groups -OCH3 is 1. The van der Waals surface area contributed by atoms with Crippen molar-refractivity contribution in [2.75, 3.05) is 13.7 Å². The fourth-order valence-electron chi connectivity index (χ4n) is 2.45. The maximum atomic E-state index is 13.8. The third-order valence-electron chi connectivity index (χ3n) is 3.73. The number of halogens is 1. The molecule has 0 fully saturated rings. The van der Waals surface area contributed by atoms with Gasteiger partial charge in [-0.25, -0.2) is 4.39 Å². The molecule has 0 spiro atoms. The average molecular weight is 269 g/mol. The van der Waals surface area contributed by atoms with Crippen molar-refractivity contribution in [3.8, 4) is 5.75 Å². The Hall–Kier alpha value is -1.13. The zero-order chi connectivity index (χ0) is 14.5. The van der Waals surface area contributed by atoms with Crippen molar-refractivity contribution in [3.05, 3.63) is 29.6 Å². The van der Waals surface area contributed by atoms with E-state index in [4.69, 9.17) is 15.2 Å². The fourth-order valence-corrected chi connectivity index (χ4v) is 2.45. The largest absolute Gasteiger partial charge is 0.494 e. The summed E-state index contributed by atoms with van der Waals surface area (Å²) >= 11 is 0. The topological polar surface area (TPSA) is 44.5 Å². The van der Waals surface area contributed by atoms with E-state index in [0.717, 1.165) is 18.4 Å². The zero-order valence-electron chi connectivity index (χ0n) is 12.2. The van der Waals surface area contributed by atoms with Crippen LogP contribution in [0.1, 0.15) is 45.2 Å². The number of nitrogens with two attached hydrogens (primary N) is 1. The summed E-state index contributed by atoms with van der Waals surface area (Å²) in [7, 11) is 1.45. The molecule has 1 unspecified atom stereocenters.